The topological polar surface area (TPSA) is 88.1 Å². The molecule has 2 atom stereocenters. The summed E-state index contributed by atoms with van der Waals surface area (Å²) in [6, 6.07) is 11.5. The minimum atomic E-state index is -0.257. The van der Waals surface area contributed by atoms with Gasteiger partial charge in [0.1, 0.15) is 5.01 Å². The van der Waals surface area contributed by atoms with E-state index in [2.05, 4.69) is 20.3 Å². The lowest BCUT2D eigenvalue weighted by atomic mass is 9.89. The fraction of sp³-hybridized carbons (Fsp3) is 0.320. The molecule has 1 saturated heterocycles. The number of aryl methyl sites for hydroxylation is 1. The van der Waals surface area contributed by atoms with Crippen LogP contribution in [-0.4, -0.2) is 44.3 Å². The number of nitrogens with one attached hydrogen (secondary N) is 1. The molecule has 1 aliphatic rings. The van der Waals surface area contributed by atoms with Crippen LogP contribution in [0.4, 0.5) is 0 Å². The lowest BCUT2D eigenvalue weighted by molar-refractivity contribution is -0.128. The van der Waals surface area contributed by atoms with E-state index in [-0.39, 0.29) is 23.8 Å². The highest BCUT2D eigenvalue weighted by atomic mass is 32.1. The summed E-state index contributed by atoms with van der Waals surface area (Å²) in [5.74, 6) is -0.390. The molecule has 1 aromatic carbocycles. The Labute approximate surface area is 205 Å². The van der Waals surface area contributed by atoms with Crippen LogP contribution in [0, 0.1) is 12.8 Å². The number of amides is 2. The van der Waals surface area contributed by atoms with Gasteiger partial charge in [0.05, 0.1) is 28.4 Å². The average molecular weight is 492 g/mol. The zero-order valence-electron chi connectivity index (χ0n) is 19.0. The van der Waals surface area contributed by atoms with Crippen LogP contribution < -0.4 is 5.32 Å². The van der Waals surface area contributed by atoms with E-state index >= 15 is 0 Å². The molecule has 1 N–H and O–H groups in total. The Balaban J connectivity index is 1.22. The summed E-state index contributed by atoms with van der Waals surface area (Å²) >= 11 is 2.92. The van der Waals surface area contributed by atoms with Crippen molar-refractivity contribution in [2.75, 3.05) is 6.54 Å². The number of hydrogen-bond donors (Lipinski definition) is 1. The Hall–Kier alpha value is -3.17. The van der Waals surface area contributed by atoms with Crippen LogP contribution in [0.5, 0.6) is 0 Å². The van der Waals surface area contributed by atoms with Crippen molar-refractivity contribution in [1.29, 1.82) is 0 Å². The van der Waals surface area contributed by atoms with Crippen LogP contribution in [0.25, 0.3) is 21.5 Å². The SMILES string of the molecule is Cc1ccc(-c2csc(CNC(=O)[C@H]3CCCN(C(=O)c4nc5ccccc5s4)[C@H]3C)n2)cn1. The van der Waals surface area contributed by atoms with Gasteiger partial charge >= 0.3 is 0 Å². The van der Waals surface area contributed by atoms with Gasteiger partial charge in [-0.15, -0.1) is 22.7 Å². The van der Waals surface area contributed by atoms with Gasteiger partial charge in [0.15, 0.2) is 5.01 Å². The number of likely N-dealkylation sites (tertiary alicyclic amines) is 1. The van der Waals surface area contributed by atoms with Gasteiger partial charge in [0.2, 0.25) is 5.91 Å². The second-order valence-corrected chi connectivity index (χ2v) is 10.5. The predicted octanol–water partition coefficient (Wildman–Crippen LogP) is 4.68. The molecular weight excluding hydrogens is 466 g/mol. The number of nitrogens with zero attached hydrogens (tertiary/aromatic N) is 4. The maximum atomic E-state index is 13.2. The van der Waals surface area contributed by atoms with Crippen molar-refractivity contribution in [3.63, 3.8) is 0 Å². The summed E-state index contributed by atoms with van der Waals surface area (Å²) in [5, 5.41) is 6.34. The van der Waals surface area contributed by atoms with Crippen LogP contribution in [0.2, 0.25) is 0 Å². The highest BCUT2D eigenvalue weighted by Crippen LogP contribution is 2.29. The second kappa shape index (κ2) is 9.60. The van der Waals surface area contributed by atoms with Crippen molar-refractivity contribution in [1.82, 2.24) is 25.2 Å². The van der Waals surface area contributed by atoms with E-state index in [0.29, 0.717) is 18.1 Å². The molecule has 4 aromatic rings. The molecule has 3 aromatic heterocycles. The van der Waals surface area contributed by atoms with Gasteiger partial charge in [-0.2, -0.15) is 0 Å². The summed E-state index contributed by atoms with van der Waals surface area (Å²) in [6.07, 6.45) is 3.36. The third kappa shape index (κ3) is 4.58. The maximum absolute atomic E-state index is 13.2. The summed E-state index contributed by atoms with van der Waals surface area (Å²) < 4.78 is 0.994. The van der Waals surface area contributed by atoms with Crippen LogP contribution in [0.1, 0.15) is 40.3 Å². The number of rotatable bonds is 5. The van der Waals surface area contributed by atoms with E-state index in [1.807, 2.05) is 61.8 Å². The number of thiazole rings is 2. The summed E-state index contributed by atoms with van der Waals surface area (Å²) in [6.45, 7) is 4.92. The molecule has 4 heterocycles. The highest BCUT2D eigenvalue weighted by Gasteiger charge is 2.36. The van der Waals surface area contributed by atoms with Gasteiger partial charge in [0, 0.05) is 35.4 Å². The van der Waals surface area contributed by atoms with Crippen LogP contribution in [-0.2, 0) is 11.3 Å². The van der Waals surface area contributed by atoms with E-state index in [9.17, 15) is 9.59 Å². The Morgan fingerprint density at radius 1 is 1.18 bits per heavy atom. The standard InChI is InChI=1S/C25H25N5O2S2/c1-15-9-10-17(12-26-15)20-14-33-22(28-20)13-27-23(31)18-6-5-11-30(16(18)2)25(32)24-29-19-7-3-4-8-21(19)34-24/h3-4,7-10,12,14,16,18H,5-6,11,13H2,1-2H3,(H,27,31)/t16-,18-/m0/s1. The van der Waals surface area contributed by atoms with Gasteiger partial charge in [0.25, 0.3) is 5.91 Å². The molecule has 5 rings (SSSR count). The maximum Gasteiger partial charge on any atom is 0.283 e. The molecule has 0 spiro atoms. The van der Waals surface area contributed by atoms with E-state index in [1.54, 1.807) is 4.90 Å². The van der Waals surface area contributed by atoms with Gasteiger partial charge in [-0.25, -0.2) is 9.97 Å². The van der Waals surface area contributed by atoms with Crippen molar-refractivity contribution < 1.29 is 9.59 Å². The number of aromatic nitrogens is 3. The van der Waals surface area contributed by atoms with E-state index in [1.165, 1.54) is 22.7 Å². The lowest BCUT2D eigenvalue weighted by Crippen LogP contribution is -2.51. The van der Waals surface area contributed by atoms with E-state index < -0.39 is 0 Å². The average Bonchev–Trinajstić information content (AvgIpc) is 3.50. The highest BCUT2D eigenvalue weighted by molar-refractivity contribution is 7.20. The molecule has 1 fully saturated rings. The number of hydrogen-bond acceptors (Lipinski definition) is 7. The van der Waals surface area contributed by atoms with Gasteiger partial charge in [-0.05, 0) is 51.0 Å². The number of carbonyl (C=O) groups is 2. The van der Waals surface area contributed by atoms with E-state index in [0.717, 1.165) is 45.0 Å². The minimum absolute atomic E-state index is 0.0388. The molecule has 0 saturated carbocycles. The van der Waals surface area contributed by atoms with E-state index in [4.69, 9.17) is 0 Å². The zero-order chi connectivity index (χ0) is 23.7. The molecule has 0 bridgehead atoms. The fourth-order valence-corrected chi connectivity index (χ4v) is 5.97. The quantitative estimate of drug-likeness (QED) is 0.438. The second-order valence-electron chi connectivity index (χ2n) is 8.51. The largest absolute Gasteiger partial charge is 0.349 e. The molecule has 0 unspecified atom stereocenters. The molecule has 9 heteroatoms. The zero-order valence-corrected chi connectivity index (χ0v) is 20.7. The molecule has 2 amide bonds. The van der Waals surface area contributed by atoms with Crippen LogP contribution >= 0.6 is 22.7 Å². The first-order valence-corrected chi connectivity index (χ1v) is 13.0. The number of pyridine rings is 1. The summed E-state index contributed by atoms with van der Waals surface area (Å²) in [7, 11) is 0. The first kappa shape index (κ1) is 22.6. The minimum Gasteiger partial charge on any atom is -0.349 e. The van der Waals surface area contributed by atoms with Crippen molar-refractivity contribution in [2.24, 2.45) is 5.92 Å². The van der Waals surface area contributed by atoms with Crippen molar-refractivity contribution in [2.45, 2.75) is 39.3 Å². The summed E-state index contributed by atoms with van der Waals surface area (Å²) in [4.78, 5) is 41.5. The molecule has 0 aliphatic carbocycles. The van der Waals surface area contributed by atoms with Crippen molar-refractivity contribution in [3.8, 4) is 11.3 Å². The smallest absolute Gasteiger partial charge is 0.283 e. The monoisotopic (exact) mass is 491 g/mol. The number of para-hydroxylation sites is 1. The lowest BCUT2D eigenvalue weighted by Gasteiger charge is -2.38. The van der Waals surface area contributed by atoms with Crippen LogP contribution in [0.15, 0.2) is 48.0 Å². The molecular formula is C25H25N5O2S2. The fourth-order valence-electron chi connectivity index (χ4n) is 4.30. The first-order valence-electron chi connectivity index (χ1n) is 11.3. The predicted molar refractivity (Wildman–Crippen MR) is 135 cm³/mol. The number of fused-ring (bicyclic) bond motifs is 1. The Morgan fingerprint density at radius 2 is 2.03 bits per heavy atom. The first-order chi connectivity index (χ1) is 16.5. The molecule has 7 nitrogen and oxygen atoms in total. The van der Waals surface area contributed by atoms with Gasteiger partial charge < -0.3 is 10.2 Å². The number of benzene rings is 1. The molecule has 174 valence electrons. The van der Waals surface area contributed by atoms with Crippen LogP contribution in [0.3, 0.4) is 0 Å². The molecule has 0 radical (unpaired) electrons. The van der Waals surface area contributed by atoms with Crippen molar-refractivity contribution >= 4 is 44.7 Å². The molecule has 1 aliphatic heterocycles. The third-order valence-electron chi connectivity index (χ3n) is 6.24. The Bertz CT molecular complexity index is 1300. The number of carbonyl (C=O) groups excluding carboxylic acids is 2. The van der Waals surface area contributed by atoms with Crippen molar-refractivity contribution in [3.05, 3.63) is 63.7 Å². The Morgan fingerprint density at radius 3 is 2.82 bits per heavy atom. The number of piperidine rings is 1. The van der Waals surface area contributed by atoms with Gasteiger partial charge in [-0.1, -0.05) is 12.1 Å². The van der Waals surface area contributed by atoms with Gasteiger partial charge in [-0.3, -0.25) is 14.6 Å². The Kier molecular flexibility index (Phi) is 6.38. The normalized spacial score (nSPS) is 18.2. The molecule has 34 heavy (non-hydrogen) atoms. The summed E-state index contributed by atoms with van der Waals surface area (Å²) in [5.41, 5.74) is 3.62. The third-order valence-corrected chi connectivity index (χ3v) is 8.11.